The second-order valence-corrected chi connectivity index (χ2v) is 7.46. The number of thiophene rings is 1. The first-order valence-electron chi connectivity index (χ1n) is 8.08. The van der Waals surface area contributed by atoms with Crippen LogP contribution in [0.5, 0.6) is 0 Å². The molecule has 0 unspecified atom stereocenters. The normalized spacial score (nSPS) is 21.8. The Morgan fingerprint density at radius 1 is 1.25 bits per heavy atom. The van der Waals surface area contributed by atoms with Crippen molar-refractivity contribution in [3.05, 3.63) is 40.8 Å². The van der Waals surface area contributed by atoms with Crippen molar-refractivity contribution in [2.45, 2.75) is 32.6 Å². The van der Waals surface area contributed by atoms with Gasteiger partial charge in [-0.1, -0.05) is 24.3 Å². The van der Waals surface area contributed by atoms with E-state index in [-0.39, 0.29) is 12.2 Å². The van der Waals surface area contributed by atoms with Crippen molar-refractivity contribution in [3.63, 3.8) is 0 Å². The van der Waals surface area contributed by atoms with Gasteiger partial charge in [0.25, 0.3) is 5.91 Å². The molecule has 0 radical (unpaired) electrons. The van der Waals surface area contributed by atoms with E-state index >= 15 is 0 Å². The molecule has 1 amide bonds. The van der Waals surface area contributed by atoms with E-state index in [1.807, 2.05) is 6.07 Å². The summed E-state index contributed by atoms with van der Waals surface area (Å²) < 4.78 is 5.77. The fourth-order valence-electron chi connectivity index (χ4n) is 3.19. The van der Waals surface area contributed by atoms with Gasteiger partial charge in [0.15, 0.2) is 0 Å². The van der Waals surface area contributed by atoms with E-state index in [9.17, 15) is 4.79 Å². The van der Waals surface area contributed by atoms with Gasteiger partial charge < -0.3 is 16.2 Å². The molecule has 2 atom stereocenters. The van der Waals surface area contributed by atoms with Gasteiger partial charge in [0.05, 0.1) is 17.9 Å². The molecule has 1 fully saturated rings. The van der Waals surface area contributed by atoms with E-state index in [2.05, 4.69) is 43.0 Å². The van der Waals surface area contributed by atoms with Crippen LogP contribution in [0.15, 0.2) is 30.3 Å². The number of nitrogens with two attached hydrogens (primary N) is 2. The molecule has 128 valence electrons. The van der Waals surface area contributed by atoms with Crippen LogP contribution in [0.3, 0.4) is 0 Å². The van der Waals surface area contributed by atoms with Crippen LogP contribution in [-0.2, 0) is 11.3 Å². The Kier molecular flexibility index (Phi) is 4.89. The summed E-state index contributed by atoms with van der Waals surface area (Å²) in [4.78, 5) is 15.1. The van der Waals surface area contributed by atoms with Crippen molar-refractivity contribution < 1.29 is 9.53 Å². The summed E-state index contributed by atoms with van der Waals surface area (Å²) in [5, 5.41) is 0. The fourth-order valence-corrected chi connectivity index (χ4v) is 4.12. The standard InChI is InChI=1S/C18H23N3O2S/c1-11-8-21(9-12(2)23-11)10-13-3-5-14(6-4-13)16-7-15(19)17(24-16)18(20)22/h3-7,11-12H,8-10,19H2,1-2H3,(H2,20,22)/t11-,12+. The summed E-state index contributed by atoms with van der Waals surface area (Å²) in [7, 11) is 0. The van der Waals surface area contributed by atoms with Crippen molar-refractivity contribution >= 4 is 22.9 Å². The number of rotatable bonds is 4. The minimum Gasteiger partial charge on any atom is -0.397 e. The number of nitrogen functional groups attached to an aromatic ring is 1. The van der Waals surface area contributed by atoms with Crippen molar-refractivity contribution in [2.24, 2.45) is 5.73 Å². The van der Waals surface area contributed by atoms with Crippen LogP contribution in [0, 0.1) is 0 Å². The van der Waals surface area contributed by atoms with Crippen molar-refractivity contribution in [1.82, 2.24) is 4.90 Å². The van der Waals surface area contributed by atoms with Crippen LogP contribution in [0.1, 0.15) is 29.1 Å². The van der Waals surface area contributed by atoms with E-state index < -0.39 is 5.91 Å². The molecule has 3 rings (SSSR count). The second kappa shape index (κ2) is 6.93. The van der Waals surface area contributed by atoms with Gasteiger partial charge in [-0.3, -0.25) is 9.69 Å². The zero-order valence-electron chi connectivity index (χ0n) is 14.0. The molecular weight excluding hydrogens is 322 g/mol. The average Bonchev–Trinajstić information content (AvgIpc) is 2.89. The Bertz CT molecular complexity index is 716. The summed E-state index contributed by atoms with van der Waals surface area (Å²) in [6, 6.07) is 10.2. The third kappa shape index (κ3) is 3.77. The zero-order valence-corrected chi connectivity index (χ0v) is 14.8. The van der Waals surface area contributed by atoms with Crippen LogP contribution in [0.25, 0.3) is 10.4 Å². The van der Waals surface area contributed by atoms with Gasteiger partial charge in [-0.2, -0.15) is 0 Å². The molecule has 0 saturated carbocycles. The molecule has 1 aliphatic rings. The Hall–Kier alpha value is -1.89. The largest absolute Gasteiger partial charge is 0.397 e. The highest BCUT2D eigenvalue weighted by Gasteiger charge is 2.22. The molecule has 0 spiro atoms. The smallest absolute Gasteiger partial charge is 0.260 e. The topological polar surface area (TPSA) is 81.6 Å². The van der Waals surface area contributed by atoms with Gasteiger partial charge in [0.2, 0.25) is 0 Å². The average molecular weight is 345 g/mol. The fraction of sp³-hybridized carbons (Fsp3) is 0.389. The lowest BCUT2D eigenvalue weighted by Crippen LogP contribution is -2.44. The van der Waals surface area contributed by atoms with E-state index in [4.69, 9.17) is 16.2 Å². The first-order chi connectivity index (χ1) is 11.4. The summed E-state index contributed by atoms with van der Waals surface area (Å²) in [5.74, 6) is -0.476. The molecule has 1 aromatic carbocycles. The first-order valence-corrected chi connectivity index (χ1v) is 8.90. The molecule has 2 heterocycles. The summed E-state index contributed by atoms with van der Waals surface area (Å²) in [6.45, 7) is 7.05. The highest BCUT2D eigenvalue weighted by atomic mass is 32.1. The SMILES string of the molecule is C[C@@H]1CN(Cc2ccc(-c3cc(N)c(C(N)=O)s3)cc2)C[C@H](C)O1. The van der Waals surface area contributed by atoms with Gasteiger partial charge in [0.1, 0.15) is 4.88 Å². The van der Waals surface area contributed by atoms with Gasteiger partial charge in [0, 0.05) is 24.5 Å². The predicted molar refractivity (Wildman–Crippen MR) is 98.0 cm³/mol. The highest BCUT2D eigenvalue weighted by molar-refractivity contribution is 7.18. The second-order valence-electron chi connectivity index (χ2n) is 6.41. The van der Waals surface area contributed by atoms with Crippen LogP contribution in [0.4, 0.5) is 5.69 Å². The van der Waals surface area contributed by atoms with Gasteiger partial charge >= 0.3 is 0 Å². The first kappa shape index (κ1) is 17.0. The van der Waals surface area contributed by atoms with Gasteiger partial charge in [-0.05, 0) is 31.0 Å². The maximum Gasteiger partial charge on any atom is 0.260 e. The van der Waals surface area contributed by atoms with Gasteiger partial charge in [-0.25, -0.2) is 0 Å². The Morgan fingerprint density at radius 2 is 1.88 bits per heavy atom. The van der Waals surface area contributed by atoms with Gasteiger partial charge in [-0.15, -0.1) is 11.3 Å². The lowest BCUT2D eigenvalue weighted by molar-refractivity contribution is -0.0704. The number of anilines is 1. The van der Waals surface area contributed by atoms with Crippen molar-refractivity contribution in [1.29, 1.82) is 0 Å². The monoisotopic (exact) mass is 345 g/mol. The minimum atomic E-state index is -0.476. The Morgan fingerprint density at radius 3 is 2.42 bits per heavy atom. The maximum atomic E-state index is 11.3. The third-order valence-corrected chi connectivity index (χ3v) is 5.34. The van der Waals surface area contributed by atoms with Crippen molar-refractivity contribution in [3.8, 4) is 10.4 Å². The van der Waals surface area contributed by atoms with E-state index in [0.717, 1.165) is 30.1 Å². The minimum absolute atomic E-state index is 0.273. The molecule has 1 aromatic heterocycles. The lowest BCUT2D eigenvalue weighted by Gasteiger charge is -2.35. The summed E-state index contributed by atoms with van der Waals surface area (Å²) >= 11 is 1.34. The molecule has 1 aliphatic heterocycles. The zero-order chi connectivity index (χ0) is 17.3. The number of hydrogen-bond donors (Lipinski definition) is 2. The molecule has 6 heteroatoms. The van der Waals surface area contributed by atoms with E-state index in [1.165, 1.54) is 16.9 Å². The molecule has 4 N–H and O–H groups in total. The number of carbonyl (C=O) groups is 1. The lowest BCUT2D eigenvalue weighted by atomic mass is 10.1. The third-order valence-electron chi connectivity index (χ3n) is 4.12. The molecule has 1 saturated heterocycles. The van der Waals surface area contributed by atoms with E-state index in [1.54, 1.807) is 0 Å². The molecule has 0 bridgehead atoms. The highest BCUT2D eigenvalue weighted by Crippen LogP contribution is 2.33. The van der Waals surface area contributed by atoms with E-state index in [0.29, 0.717) is 10.6 Å². The Labute approximate surface area is 146 Å². The Balaban J connectivity index is 1.71. The van der Waals surface area contributed by atoms with Crippen LogP contribution < -0.4 is 11.5 Å². The summed E-state index contributed by atoms with van der Waals surface area (Å²) in [5.41, 5.74) is 13.9. The number of nitrogens with zero attached hydrogens (tertiary/aromatic N) is 1. The number of primary amides is 1. The van der Waals surface area contributed by atoms with Crippen molar-refractivity contribution in [2.75, 3.05) is 18.8 Å². The molecule has 24 heavy (non-hydrogen) atoms. The number of carbonyl (C=O) groups excluding carboxylic acids is 1. The number of hydrogen-bond acceptors (Lipinski definition) is 5. The maximum absolute atomic E-state index is 11.3. The van der Waals surface area contributed by atoms with Crippen LogP contribution >= 0.6 is 11.3 Å². The number of morpholine rings is 1. The molecular formula is C18H23N3O2S. The van der Waals surface area contributed by atoms with Crippen LogP contribution in [0.2, 0.25) is 0 Å². The molecule has 5 nitrogen and oxygen atoms in total. The number of benzene rings is 1. The quantitative estimate of drug-likeness (QED) is 0.893. The predicted octanol–water partition coefficient (Wildman–Crippen LogP) is 2.71. The number of amides is 1. The molecule has 0 aliphatic carbocycles. The number of ether oxygens (including phenoxy) is 1. The summed E-state index contributed by atoms with van der Waals surface area (Å²) in [6.07, 6.45) is 0.545. The molecule has 2 aromatic rings. The van der Waals surface area contributed by atoms with Crippen LogP contribution in [-0.4, -0.2) is 36.1 Å².